The number of carbonyl (C=O) groups excluding carboxylic acids is 1. The Balaban J connectivity index is 1.57. The highest BCUT2D eigenvalue weighted by atomic mass is 32.2. The lowest BCUT2D eigenvalue weighted by atomic mass is 10.1. The minimum atomic E-state index is -4.23. The maximum absolute atomic E-state index is 13.1. The summed E-state index contributed by atoms with van der Waals surface area (Å²) in [4.78, 5) is 16.2. The van der Waals surface area contributed by atoms with Crippen molar-refractivity contribution in [3.8, 4) is 23.0 Å². The van der Waals surface area contributed by atoms with Crippen LogP contribution in [-0.4, -0.2) is 32.6 Å². The van der Waals surface area contributed by atoms with Crippen LogP contribution in [0.1, 0.15) is 11.1 Å². The van der Waals surface area contributed by atoms with Gasteiger partial charge in [-0.2, -0.15) is 13.5 Å². The third-order valence-corrected chi connectivity index (χ3v) is 6.28. The molecule has 0 aliphatic rings. The number of carbonyl (C=O) groups is 1. The number of amides is 1. The summed E-state index contributed by atoms with van der Waals surface area (Å²) in [6.07, 6.45) is 4.41. The van der Waals surface area contributed by atoms with Crippen molar-refractivity contribution in [3.05, 3.63) is 108 Å². The molecular weight excluding hydrogens is 494 g/mol. The molecule has 1 N–H and O–H groups in total. The molecule has 0 unspecified atom stereocenters. The van der Waals surface area contributed by atoms with E-state index in [2.05, 4.69) is 15.5 Å². The fourth-order valence-corrected chi connectivity index (χ4v) is 4.38. The standard InChI is InChI=1S/C27H23N3O6S/c1-34-23-10-5-7-20(15-23)16-27(31)30-29-18-21-17-24(35-25-11-6-14-28-19-25)12-13-26(21)37(32,33)36-22-8-3-2-4-9-22/h2-15,17-19H,16H2,1H3,(H,30,31). The number of pyridine rings is 1. The van der Waals surface area contributed by atoms with E-state index in [9.17, 15) is 13.2 Å². The van der Waals surface area contributed by atoms with E-state index in [1.807, 2.05) is 0 Å². The maximum Gasteiger partial charge on any atom is 0.339 e. The summed E-state index contributed by atoms with van der Waals surface area (Å²) in [5, 5.41) is 3.97. The number of hydrazone groups is 1. The Morgan fingerprint density at radius 2 is 1.70 bits per heavy atom. The Labute approximate surface area is 214 Å². The molecule has 0 fully saturated rings. The van der Waals surface area contributed by atoms with E-state index in [1.54, 1.807) is 67.9 Å². The summed E-state index contributed by atoms with van der Waals surface area (Å²) >= 11 is 0. The quantitative estimate of drug-likeness (QED) is 0.189. The predicted octanol–water partition coefficient (Wildman–Crippen LogP) is 4.34. The van der Waals surface area contributed by atoms with Crippen LogP contribution in [0.15, 0.2) is 107 Å². The van der Waals surface area contributed by atoms with E-state index in [0.717, 1.165) is 5.56 Å². The van der Waals surface area contributed by atoms with E-state index >= 15 is 0 Å². The number of methoxy groups -OCH3 is 1. The zero-order valence-electron chi connectivity index (χ0n) is 19.8. The van der Waals surface area contributed by atoms with Gasteiger partial charge in [0.15, 0.2) is 0 Å². The molecule has 0 aliphatic heterocycles. The largest absolute Gasteiger partial charge is 0.497 e. The highest BCUT2D eigenvalue weighted by Gasteiger charge is 2.21. The first-order chi connectivity index (χ1) is 17.9. The number of nitrogens with one attached hydrogen (secondary N) is 1. The van der Waals surface area contributed by atoms with Crippen molar-refractivity contribution in [2.24, 2.45) is 5.10 Å². The normalized spacial score (nSPS) is 11.2. The van der Waals surface area contributed by atoms with Gasteiger partial charge in [0.1, 0.15) is 27.9 Å². The summed E-state index contributed by atoms with van der Waals surface area (Å²) in [6, 6.07) is 23.0. The summed E-state index contributed by atoms with van der Waals surface area (Å²) < 4.78 is 42.3. The van der Waals surface area contributed by atoms with Crippen LogP contribution in [0.25, 0.3) is 0 Å². The number of hydrogen-bond acceptors (Lipinski definition) is 8. The fourth-order valence-electron chi connectivity index (χ4n) is 3.29. The molecule has 0 spiro atoms. The van der Waals surface area contributed by atoms with Gasteiger partial charge in [-0.3, -0.25) is 9.78 Å². The van der Waals surface area contributed by atoms with Crippen LogP contribution < -0.4 is 19.1 Å². The minimum Gasteiger partial charge on any atom is -0.497 e. The molecule has 0 atom stereocenters. The van der Waals surface area contributed by atoms with Crippen LogP contribution in [0, 0.1) is 0 Å². The third kappa shape index (κ3) is 7.15. The molecule has 4 aromatic rings. The molecule has 188 valence electrons. The number of aromatic nitrogens is 1. The monoisotopic (exact) mass is 517 g/mol. The van der Waals surface area contributed by atoms with Gasteiger partial charge in [-0.05, 0) is 60.2 Å². The zero-order chi connectivity index (χ0) is 26.1. The molecular formula is C27H23N3O6S. The highest BCUT2D eigenvalue weighted by Crippen LogP contribution is 2.27. The minimum absolute atomic E-state index is 0.0565. The lowest BCUT2D eigenvalue weighted by molar-refractivity contribution is -0.120. The van der Waals surface area contributed by atoms with Crippen molar-refractivity contribution < 1.29 is 26.9 Å². The van der Waals surface area contributed by atoms with Crippen LogP contribution >= 0.6 is 0 Å². The van der Waals surface area contributed by atoms with E-state index in [-0.39, 0.29) is 22.6 Å². The van der Waals surface area contributed by atoms with Gasteiger partial charge in [0.25, 0.3) is 0 Å². The van der Waals surface area contributed by atoms with Gasteiger partial charge < -0.3 is 13.7 Å². The molecule has 3 aromatic carbocycles. The Hall–Kier alpha value is -4.70. The van der Waals surface area contributed by atoms with Gasteiger partial charge in [-0.25, -0.2) is 5.43 Å². The predicted molar refractivity (Wildman–Crippen MR) is 137 cm³/mol. The van der Waals surface area contributed by atoms with E-state index in [0.29, 0.717) is 17.2 Å². The molecule has 1 heterocycles. The molecule has 10 heteroatoms. The Bertz CT molecular complexity index is 1490. The second kappa shape index (κ2) is 11.8. The molecule has 0 saturated carbocycles. The van der Waals surface area contributed by atoms with Crippen LogP contribution in [-0.2, 0) is 21.3 Å². The van der Waals surface area contributed by atoms with Crippen LogP contribution in [0.2, 0.25) is 0 Å². The van der Waals surface area contributed by atoms with Crippen LogP contribution in [0.5, 0.6) is 23.0 Å². The highest BCUT2D eigenvalue weighted by molar-refractivity contribution is 7.87. The van der Waals surface area contributed by atoms with E-state index in [4.69, 9.17) is 13.7 Å². The van der Waals surface area contributed by atoms with Crippen molar-refractivity contribution in [2.45, 2.75) is 11.3 Å². The van der Waals surface area contributed by atoms with E-state index < -0.39 is 16.0 Å². The second-order valence-corrected chi connectivity index (χ2v) is 9.18. The molecule has 9 nitrogen and oxygen atoms in total. The summed E-state index contributed by atoms with van der Waals surface area (Å²) in [7, 11) is -2.68. The first-order valence-electron chi connectivity index (χ1n) is 11.1. The number of benzene rings is 3. The Morgan fingerprint density at radius 1 is 0.919 bits per heavy atom. The van der Waals surface area contributed by atoms with Crippen molar-refractivity contribution in [1.29, 1.82) is 0 Å². The molecule has 0 saturated heterocycles. The first-order valence-corrected chi connectivity index (χ1v) is 12.5. The first kappa shape index (κ1) is 25.4. The molecule has 37 heavy (non-hydrogen) atoms. The fraction of sp³-hybridized carbons (Fsp3) is 0.0741. The summed E-state index contributed by atoms with van der Waals surface area (Å²) in [5.41, 5.74) is 3.30. The number of hydrogen-bond donors (Lipinski definition) is 1. The number of nitrogens with zero attached hydrogens (tertiary/aromatic N) is 2. The lowest BCUT2D eigenvalue weighted by Gasteiger charge is -2.11. The van der Waals surface area contributed by atoms with Crippen LogP contribution in [0.4, 0.5) is 0 Å². The Kier molecular flexibility index (Phi) is 8.11. The summed E-state index contributed by atoms with van der Waals surface area (Å²) in [5.74, 6) is 1.21. The molecule has 4 rings (SSSR count). The van der Waals surface area contributed by atoms with Gasteiger partial charge in [-0.15, -0.1) is 0 Å². The van der Waals surface area contributed by atoms with Crippen molar-refractivity contribution >= 4 is 22.2 Å². The van der Waals surface area contributed by atoms with Gasteiger partial charge in [0, 0.05) is 11.8 Å². The molecule has 1 aromatic heterocycles. The number of ether oxygens (including phenoxy) is 2. The molecule has 0 bridgehead atoms. The van der Waals surface area contributed by atoms with E-state index in [1.165, 1.54) is 42.7 Å². The topological polar surface area (TPSA) is 116 Å². The zero-order valence-corrected chi connectivity index (χ0v) is 20.6. The third-order valence-electron chi connectivity index (χ3n) is 4.96. The molecule has 0 radical (unpaired) electrons. The smallest absolute Gasteiger partial charge is 0.339 e. The lowest BCUT2D eigenvalue weighted by Crippen LogP contribution is -2.20. The number of para-hydroxylation sites is 1. The van der Waals surface area contributed by atoms with Gasteiger partial charge in [0.2, 0.25) is 5.91 Å². The number of rotatable bonds is 10. The second-order valence-electron chi connectivity index (χ2n) is 7.66. The van der Waals surface area contributed by atoms with Crippen LogP contribution in [0.3, 0.4) is 0 Å². The van der Waals surface area contributed by atoms with Gasteiger partial charge in [0.05, 0.1) is 25.9 Å². The van der Waals surface area contributed by atoms with Crippen molar-refractivity contribution in [3.63, 3.8) is 0 Å². The molecule has 0 aliphatic carbocycles. The molecule has 1 amide bonds. The van der Waals surface area contributed by atoms with Crippen molar-refractivity contribution in [1.82, 2.24) is 10.4 Å². The van der Waals surface area contributed by atoms with Gasteiger partial charge >= 0.3 is 10.1 Å². The van der Waals surface area contributed by atoms with Crippen molar-refractivity contribution in [2.75, 3.05) is 7.11 Å². The SMILES string of the molecule is COc1cccc(CC(=O)NN=Cc2cc(Oc3cccnc3)ccc2S(=O)(=O)Oc2ccccc2)c1. The average molecular weight is 518 g/mol. The van der Waals surface area contributed by atoms with Gasteiger partial charge in [-0.1, -0.05) is 30.3 Å². The maximum atomic E-state index is 13.1. The summed E-state index contributed by atoms with van der Waals surface area (Å²) in [6.45, 7) is 0. The Morgan fingerprint density at radius 3 is 2.46 bits per heavy atom. The average Bonchev–Trinajstić information content (AvgIpc) is 2.90.